The van der Waals surface area contributed by atoms with Gasteiger partial charge in [-0.1, -0.05) is 12.1 Å². The molecule has 1 aromatic carbocycles. The molecule has 1 heterocycles. The quantitative estimate of drug-likeness (QED) is 0.636. The van der Waals surface area contributed by atoms with Crippen molar-refractivity contribution in [3.05, 3.63) is 42.7 Å². The molecule has 2 aromatic rings. The van der Waals surface area contributed by atoms with Gasteiger partial charge in [-0.25, -0.2) is 10.2 Å². The Bertz CT molecular complexity index is 550. The summed E-state index contributed by atoms with van der Waals surface area (Å²) in [7, 11) is 0. The molecule has 0 bridgehead atoms. The number of ether oxygens (including phenoxy) is 1. The molecule has 5 nitrogen and oxygen atoms in total. The molecule has 0 radical (unpaired) electrons. The second-order valence-electron chi connectivity index (χ2n) is 3.81. The predicted molar refractivity (Wildman–Crippen MR) is 72.9 cm³/mol. The summed E-state index contributed by atoms with van der Waals surface area (Å²) in [6, 6.07) is 8.80. The summed E-state index contributed by atoms with van der Waals surface area (Å²) >= 11 is 0. The highest BCUT2D eigenvalue weighted by Gasteiger charge is 2.12. The van der Waals surface area contributed by atoms with Gasteiger partial charge in [0.2, 0.25) is 0 Å². The number of nitrogens with zero attached hydrogens (tertiary/aromatic N) is 2. The van der Waals surface area contributed by atoms with Crippen LogP contribution < -0.4 is 21.3 Å². The Hall–Kier alpha value is -2.34. The van der Waals surface area contributed by atoms with Gasteiger partial charge in [0.1, 0.15) is 19.0 Å². The van der Waals surface area contributed by atoms with Gasteiger partial charge >= 0.3 is 0 Å². The van der Waals surface area contributed by atoms with E-state index in [0.717, 1.165) is 0 Å². The summed E-state index contributed by atoms with van der Waals surface area (Å²) in [5, 5.41) is 1.39. The lowest BCUT2D eigenvalue weighted by atomic mass is 10.2. The molecule has 1 aromatic heterocycles. The lowest BCUT2D eigenvalue weighted by Crippen LogP contribution is -2.26. The minimum atomic E-state index is -0.559. The first-order valence-corrected chi connectivity index (χ1v) is 5.76. The molecule has 0 unspecified atom stereocenters. The van der Waals surface area contributed by atoms with Crippen molar-refractivity contribution in [3.63, 3.8) is 0 Å². The van der Waals surface area contributed by atoms with Gasteiger partial charge in [-0.15, -0.1) is 0 Å². The monoisotopic (exact) mass is 262 g/mol. The number of aromatic nitrogens is 1. The van der Waals surface area contributed by atoms with E-state index in [0.29, 0.717) is 22.8 Å². The van der Waals surface area contributed by atoms with Gasteiger partial charge in [0.05, 0.1) is 23.3 Å². The van der Waals surface area contributed by atoms with Crippen molar-refractivity contribution in [2.45, 2.75) is 0 Å². The smallest absolute Gasteiger partial charge is 0.144 e. The van der Waals surface area contributed by atoms with Crippen molar-refractivity contribution in [1.29, 1.82) is 0 Å². The van der Waals surface area contributed by atoms with Crippen LogP contribution in [0.25, 0.3) is 0 Å². The van der Waals surface area contributed by atoms with E-state index in [2.05, 4.69) is 4.98 Å². The zero-order chi connectivity index (χ0) is 13.7. The predicted octanol–water partition coefficient (Wildman–Crippen LogP) is 2.02. The first-order valence-electron chi connectivity index (χ1n) is 5.76. The first kappa shape index (κ1) is 13.1. The summed E-state index contributed by atoms with van der Waals surface area (Å²) in [5.74, 6) is 6.54. The number of halogens is 1. The fourth-order valence-electron chi connectivity index (χ4n) is 1.68. The molecular weight excluding hydrogens is 247 g/mol. The number of pyridine rings is 1. The molecule has 0 saturated heterocycles. The molecule has 0 aliphatic rings. The second kappa shape index (κ2) is 6.01. The second-order valence-corrected chi connectivity index (χ2v) is 3.81. The van der Waals surface area contributed by atoms with Gasteiger partial charge < -0.3 is 10.5 Å². The molecule has 6 heteroatoms. The fourth-order valence-corrected chi connectivity index (χ4v) is 1.68. The number of para-hydroxylation sites is 2. The van der Waals surface area contributed by atoms with Crippen molar-refractivity contribution in [2.24, 2.45) is 5.84 Å². The Morgan fingerprint density at radius 1 is 1.21 bits per heavy atom. The van der Waals surface area contributed by atoms with E-state index in [-0.39, 0.29) is 6.61 Å². The molecule has 4 N–H and O–H groups in total. The van der Waals surface area contributed by atoms with Gasteiger partial charge in [0.25, 0.3) is 0 Å². The highest BCUT2D eigenvalue weighted by atomic mass is 19.1. The Labute approximate surface area is 110 Å². The molecular formula is C13H15FN4O. The lowest BCUT2D eigenvalue weighted by Gasteiger charge is -2.22. The number of hydrazine groups is 1. The number of nitrogen functional groups attached to an aromatic ring is 1. The van der Waals surface area contributed by atoms with Crippen molar-refractivity contribution in [1.82, 2.24) is 4.98 Å². The maximum atomic E-state index is 12.2. The normalized spacial score (nSPS) is 10.2. The van der Waals surface area contributed by atoms with E-state index in [1.165, 1.54) is 11.2 Å². The van der Waals surface area contributed by atoms with Gasteiger partial charge in [-0.2, -0.15) is 0 Å². The Kier molecular flexibility index (Phi) is 4.15. The number of rotatable bonds is 5. The zero-order valence-electron chi connectivity index (χ0n) is 10.3. The van der Waals surface area contributed by atoms with Crippen LogP contribution in [0.5, 0.6) is 5.75 Å². The van der Waals surface area contributed by atoms with Crippen LogP contribution in [0.4, 0.5) is 21.5 Å². The molecule has 100 valence electrons. The van der Waals surface area contributed by atoms with E-state index in [1.54, 1.807) is 30.5 Å². The van der Waals surface area contributed by atoms with Gasteiger partial charge in [-0.05, 0) is 18.2 Å². The molecule has 0 spiro atoms. The van der Waals surface area contributed by atoms with Crippen LogP contribution in [0.3, 0.4) is 0 Å². The SMILES string of the molecule is Nc1cnccc1N(N)c1ccccc1OCCF. The Morgan fingerprint density at radius 3 is 2.74 bits per heavy atom. The summed E-state index contributed by atoms with van der Waals surface area (Å²) < 4.78 is 17.5. The van der Waals surface area contributed by atoms with E-state index in [9.17, 15) is 4.39 Å². The maximum absolute atomic E-state index is 12.2. The van der Waals surface area contributed by atoms with Crippen LogP contribution >= 0.6 is 0 Å². The summed E-state index contributed by atoms with van der Waals surface area (Å²) in [5.41, 5.74) is 7.48. The summed E-state index contributed by atoms with van der Waals surface area (Å²) in [6.07, 6.45) is 3.11. The Morgan fingerprint density at radius 2 is 2.00 bits per heavy atom. The minimum Gasteiger partial charge on any atom is -0.489 e. The lowest BCUT2D eigenvalue weighted by molar-refractivity contribution is 0.274. The third-order valence-electron chi connectivity index (χ3n) is 2.55. The number of hydrogen-bond acceptors (Lipinski definition) is 5. The van der Waals surface area contributed by atoms with E-state index < -0.39 is 6.67 Å². The molecule has 0 fully saturated rings. The molecule has 0 atom stereocenters. The number of alkyl halides is 1. The Balaban J connectivity index is 2.33. The fraction of sp³-hybridized carbons (Fsp3) is 0.154. The molecule has 19 heavy (non-hydrogen) atoms. The van der Waals surface area contributed by atoms with Crippen LogP contribution in [0.15, 0.2) is 42.7 Å². The molecule has 0 amide bonds. The number of hydrogen-bond donors (Lipinski definition) is 2. The van der Waals surface area contributed by atoms with Crippen molar-refractivity contribution < 1.29 is 9.13 Å². The van der Waals surface area contributed by atoms with Crippen LogP contribution in [-0.2, 0) is 0 Å². The van der Waals surface area contributed by atoms with Crippen LogP contribution in [0.1, 0.15) is 0 Å². The topological polar surface area (TPSA) is 77.4 Å². The average molecular weight is 262 g/mol. The molecule has 2 rings (SSSR count). The third-order valence-corrected chi connectivity index (χ3v) is 2.55. The summed E-state index contributed by atoms with van der Waals surface area (Å²) in [6.45, 7) is -0.576. The third kappa shape index (κ3) is 2.92. The van der Waals surface area contributed by atoms with Crippen LogP contribution in [-0.4, -0.2) is 18.3 Å². The van der Waals surface area contributed by atoms with Gasteiger partial charge in [-0.3, -0.25) is 9.99 Å². The molecule has 0 saturated carbocycles. The van der Waals surface area contributed by atoms with E-state index >= 15 is 0 Å². The molecule has 0 aliphatic heterocycles. The van der Waals surface area contributed by atoms with Crippen molar-refractivity contribution in [2.75, 3.05) is 24.0 Å². The first-order chi connectivity index (χ1) is 9.24. The maximum Gasteiger partial charge on any atom is 0.144 e. The van der Waals surface area contributed by atoms with Gasteiger partial charge in [0.15, 0.2) is 0 Å². The average Bonchev–Trinajstić information content (AvgIpc) is 2.45. The van der Waals surface area contributed by atoms with Crippen molar-refractivity contribution in [3.8, 4) is 5.75 Å². The minimum absolute atomic E-state index is 0.0172. The number of anilines is 3. The van der Waals surface area contributed by atoms with E-state index in [4.69, 9.17) is 16.3 Å². The standard InChI is InChI=1S/C13H15FN4O/c14-6-8-19-13-4-2-1-3-12(13)18(16)11-5-7-17-9-10(11)15/h1-5,7,9H,6,8,15-16H2. The number of nitrogens with two attached hydrogens (primary N) is 2. The highest BCUT2D eigenvalue weighted by molar-refractivity contribution is 5.75. The summed E-state index contributed by atoms with van der Waals surface area (Å²) in [4.78, 5) is 3.90. The zero-order valence-corrected chi connectivity index (χ0v) is 10.3. The van der Waals surface area contributed by atoms with Crippen LogP contribution in [0, 0.1) is 0 Å². The van der Waals surface area contributed by atoms with E-state index in [1.807, 2.05) is 6.07 Å². The number of benzene rings is 1. The van der Waals surface area contributed by atoms with Crippen LogP contribution in [0.2, 0.25) is 0 Å². The van der Waals surface area contributed by atoms with Gasteiger partial charge in [0, 0.05) is 6.20 Å². The van der Waals surface area contributed by atoms with Crippen molar-refractivity contribution >= 4 is 17.1 Å². The highest BCUT2D eigenvalue weighted by Crippen LogP contribution is 2.33. The molecule has 0 aliphatic carbocycles. The largest absolute Gasteiger partial charge is 0.489 e.